The molecule has 0 unspecified atom stereocenters. The van der Waals surface area contributed by atoms with Crippen molar-refractivity contribution >= 4 is 114 Å². The average molecular weight is 1260 g/mol. The van der Waals surface area contributed by atoms with Crippen LogP contribution in [0.25, 0.3) is 55.0 Å². The molecule has 10 aromatic rings. The first-order chi connectivity index (χ1) is 41.0. The zero-order valence-corrected chi connectivity index (χ0v) is 50.3. The number of hydrogen-bond donors (Lipinski definition) is 3. The molecular weight excluding hydrogens is 1210 g/mol. The van der Waals surface area contributed by atoms with Crippen LogP contribution in [0.3, 0.4) is 0 Å². The number of benzene rings is 4. The van der Waals surface area contributed by atoms with Crippen molar-refractivity contribution in [3.05, 3.63) is 149 Å². The van der Waals surface area contributed by atoms with Gasteiger partial charge in [0.05, 0.1) is 48.5 Å². The molecule has 1 fully saturated rings. The molecule has 0 bridgehead atoms. The maximum absolute atomic E-state index is 13.8. The SMILES string of the molecule is COC(Cn1c(SCC(=O)Nc2ccc(-c3cc(-c4nnc(SCC(=O)Nc5ccccc5)n4CC4OCCO4)cs3)cc2)nnc1-c1csc(-c2ccc(NC(=O)CSc3nnc(-c4ccsc4)n3S(=O)(=O)c3ccccc3)cc2)c1)OC. The topological polar surface area (TPSA) is 250 Å². The van der Waals surface area contributed by atoms with Gasteiger partial charge in [-0.2, -0.15) is 15.3 Å². The lowest BCUT2D eigenvalue weighted by Gasteiger charge is -2.16. The van der Waals surface area contributed by atoms with E-state index in [1.165, 1.54) is 58.3 Å². The Morgan fingerprint density at radius 2 is 1.05 bits per heavy atom. The largest absolute Gasteiger partial charge is 0.354 e. The molecule has 0 atom stereocenters. The second kappa shape index (κ2) is 27.1. The molecule has 21 nitrogen and oxygen atoms in total. The Labute approximate surface area is 506 Å². The molecule has 1 aliphatic rings. The number of methoxy groups -OCH3 is 2. The van der Waals surface area contributed by atoms with Gasteiger partial charge in [0.2, 0.25) is 22.9 Å². The molecule has 84 heavy (non-hydrogen) atoms. The van der Waals surface area contributed by atoms with Gasteiger partial charge in [-0.15, -0.1) is 53.3 Å². The number of thioether (sulfide) groups is 3. The minimum atomic E-state index is -4.09. The van der Waals surface area contributed by atoms with Crippen LogP contribution in [0.4, 0.5) is 17.1 Å². The van der Waals surface area contributed by atoms with Crippen LogP contribution < -0.4 is 16.0 Å². The molecule has 0 saturated carbocycles. The molecule has 3 N–H and O–H groups in total. The van der Waals surface area contributed by atoms with Gasteiger partial charge in [0.1, 0.15) is 0 Å². The molecule has 1 aliphatic heterocycles. The van der Waals surface area contributed by atoms with Crippen molar-refractivity contribution in [1.29, 1.82) is 0 Å². The summed E-state index contributed by atoms with van der Waals surface area (Å²) in [5.74, 6) is 0.635. The molecule has 4 aromatic carbocycles. The fraction of sp³-hybridized carbons (Fsp3) is 0.196. The van der Waals surface area contributed by atoms with Crippen LogP contribution in [0.15, 0.2) is 169 Å². The van der Waals surface area contributed by atoms with Crippen molar-refractivity contribution in [2.24, 2.45) is 0 Å². The summed E-state index contributed by atoms with van der Waals surface area (Å²) in [4.78, 5) is 41.5. The van der Waals surface area contributed by atoms with Crippen molar-refractivity contribution in [2.45, 2.75) is 46.0 Å². The smallest absolute Gasteiger partial charge is 0.271 e. The zero-order valence-electron chi connectivity index (χ0n) is 44.6. The van der Waals surface area contributed by atoms with Gasteiger partial charge in [0.25, 0.3) is 10.0 Å². The fourth-order valence-electron chi connectivity index (χ4n) is 8.58. The van der Waals surface area contributed by atoms with Gasteiger partial charge in [-0.05, 0) is 83.2 Å². The number of nitrogens with one attached hydrogen (secondary N) is 3. The van der Waals surface area contributed by atoms with Crippen LogP contribution in [0, 0.1) is 0 Å². The first kappa shape index (κ1) is 58.4. The van der Waals surface area contributed by atoms with Gasteiger partial charge >= 0.3 is 0 Å². The average Bonchev–Trinajstić information content (AvgIpc) is 4.59. The Kier molecular flexibility index (Phi) is 18.9. The standard InChI is InChI=1S/C56H50N12O9S7/c1-74-49(75-2)27-66-51(38-25-44(79-30-38)35-15-19-42(20-16-35)59-48(71)34-83-56-65-62-53(37-21-24-78-29-37)68(56)84(72,73)43-11-7-4-8-12-43)60-63-54(66)81-33-47(70)58-41-17-13-36(14-18-41)45-26-39(31-80-45)52-61-64-55(67(52)28-50-76-22-23-77-50)82-32-46(69)57-40-9-5-3-6-10-40/h3-21,24-26,29-31,49-50H,22-23,27-28,32-34H2,1-2H3,(H,57,69)(H,58,70)(H,59,71). The summed E-state index contributed by atoms with van der Waals surface area (Å²) in [6, 6.07) is 38.1. The number of carbonyl (C=O) groups excluding carboxylic acids is 3. The number of nitrogens with zero attached hydrogens (tertiary/aromatic N) is 9. The Morgan fingerprint density at radius 1 is 0.571 bits per heavy atom. The number of carbonyl (C=O) groups is 3. The molecule has 1 saturated heterocycles. The maximum atomic E-state index is 13.8. The van der Waals surface area contributed by atoms with Crippen molar-refractivity contribution in [3.8, 4) is 55.0 Å². The van der Waals surface area contributed by atoms with Crippen molar-refractivity contribution in [1.82, 2.24) is 43.7 Å². The number of amides is 3. The van der Waals surface area contributed by atoms with Crippen LogP contribution in [0.1, 0.15) is 0 Å². The summed E-state index contributed by atoms with van der Waals surface area (Å²) in [5.41, 5.74) is 5.97. The van der Waals surface area contributed by atoms with E-state index in [0.717, 1.165) is 47.7 Å². The lowest BCUT2D eigenvalue weighted by molar-refractivity contribution is -0.114. The Hall–Kier alpha value is -7.35. The molecule has 6 aromatic heterocycles. The van der Waals surface area contributed by atoms with Gasteiger partial charge < -0.3 is 34.9 Å². The van der Waals surface area contributed by atoms with Gasteiger partial charge in [0, 0.05) is 73.9 Å². The second-order valence-corrected chi connectivity index (χ2v) is 25.5. The lowest BCUT2D eigenvalue weighted by atomic mass is 10.1. The fourth-order valence-corrected chi connectivity index (χ4v) is 14.9. The molecule has 0 spiro atoms. The van der Waals surface area contributed by atoms with E-state index in [1.807, 2.05) is 104 Å². The van der Waals surface area contributed by atoms with Crippen molar-refractivity contribution in [2.75, 3.05) is 60.6 Å². The first-order valence-electron chi connectivity index (χ1n) is 25.6. The molecule has 7 heterocycles. The highest BCUT2D eigenvalue weighted by Gasteiger charge is 2.29. The highest BCUT2D eigenvalue weighted by atomic mass is 32.2. The van der Waals surface area contributed by atoms with Gasteiger partial charge in [-0.3, -0.25) is 23.5 Å². The highest BCUT2D eigenvalue weighted by molar-refractivity contribution is 8.00. The Morgan fingerprint density at radius 3 is 1.57 bits per heavy atom. The highest BCUT2D eigenvalue weighted by Crippen LogP contribution is 2.37. The molecule has 0 radical (unpaired) electrons. The number of thiophene rings is 3. The number of hydrogen-bond acceptors (Lipinski definition) is 21. The van der Waals surface area contributed by atoms with E-state index in [0.29, 0.717) is 64.3 Å². The maximum Gasteiger partial charge on any atom is 0.271 e. The second-order valence-electron chi connectivity index (χ2n) is 18.2. The minimum absolute atomic E-state index is 0.0408. The van der Waals surface area contributed by atoms with Gasteiger partial charge in [0.15, 0.2) is 40.4 Å². The number of anilines is 3. The Balaban J connectivity index is 0.703. The van der Waals surface area contributed by atoms with Crippen LogP contribution in [0.5, 0.6) is 0 Å². The molecule has 430 valence electrons. The van der Waals surface area contributed by atoms with E-state index in [4.69, 9.17) is 18.9 Å². The summed E-state index contributed by atoms with van der Waals surface area (Å²) in [6.45, 7) is 1.59. The third-order valence-electron chi connectivity index (χ3n) is 12.6. The lowest BCUT2D eigenvalue weighted by Crippen LogP contribution is -2.22. The van der Waals surface area contributed by atoms with Crippen LogP contribution in [-0.4, -0.2) is 127 Å². The molecule has 28 heteroatoms. The number of rotatable bonds is 25. The number of aromatic nitrogens is 9. The normalized spacial score (nSPS) is 12.8. The summed E-state index contributed by atoms with van der Waals surface area (Å²) in [6.07, 6.45) is -1.10. The molecule has 3 amide bonds. The summed E-state index contributed by atoms with van der Waals surface area (Å²) in [5, 5.41) is 44.0. The minimum Gasteiger partial charge on any atom is -0.354 e. The van der Waals surface area contributed by atoms with E-state index in [2.05, 4.69) is 46.5 Å². The quantitative estimate of drug-likeness (QED) is 0.0355. The molecular formula is C56H50N12O9S7. The van der Waals surface area contributed by atoms with Crippen LogP contribution in [0.2, 0.25) is 0 Å². The van der Waals surface area contributed by atoms with Gasteiger partial charge in [-0.1, -0.05) is 95.9 Å². The van der Waals surface area contributed by atoms with Crippen LogP contribution >= 0.6 is 69.3 Å². The Bertz CT molecular complexity index is 3980. The summed E-state index contributed by atoms with van der Waals surface area (Å²) < 4.78 is 55.3. The first-order valence-corrected chi connectivity index (χ1v) is 32.7. The monoisotopic (exact) mass is 1260 g/mol. The van der Waals surface area contributed by atoms with Crippen molar-refractivity contribution in [3.63, 3.8) is 0 Å². The van der Waals surface area contributed by atoms with E-state index >= 15 is 0 Å². The third-order valence-corrected chi connectivity index (χ3v) is 20.0. The third kappa shape index (κ3) is 13.9. The van der Waals surface area contributed by atoms with Crippen molar-refractivity contribution < 1.29 is 41.7 Å². The predicted octanol–water partition coefficient (Wildman–Crippen LogP) is 10.4. The van der Waals surface area contributed by atoms with E-state index in [1.54, 1.807) is 67.3 Å². The van der Waals surface area contributed by atoms with E-state index < -0.39 is 22.6 Å². The van der Waals surface area contributed by atoms with E-state index in [9.17, 15) is 22.8 Å². The summed E-state index contributed by atoms with van der Waals surface area (Å²) in [7, 11) is -0.987. The number of para-hydroxylation sites is 1. The van der Waals surface area contributed by atoms with E-state index in [-0.39, 0.29) is 57.4 Å². The zero-order chi connectivity index (χ0) is 58.0. The summed E-state index contributed by atoms with van der Waals surface area (Å²) >= 11 is 7.95. The molecule has 0 aliphatic carbocycles. The van der Waals surface area contributed by atoms with Gasteiger partial charge in [-0.25, -0.2) is 8.42 Å². The predicted molar refractivity (Wildman–Crippen MR) is 328 cm³/mol. The molecule has 11 rings (SSSR count). The number of ether oxygens (including phenoxy) is 4. The van der Waals surface area contributed by atoms with Crippen LogP contribution in [-0.2, 0) is 56.4 Å².